The average Bonchev–Trinajstić information content (AvgIpc) is 2.73. The summed E-state index contributed by atoms with van der Waals surface area (Å²) in [5.74, 6) is -1.87. The molecule has 106 valence electrons. The van der Waals surface area contributed by atoms with Gasteiger partial charge in [-0.15, -0.1) is 0 Å². The van der Waals surface area contributed by atoms with Crippen molar-refractivity contribution in [2.24, 2.45) is 0 Å². The lowest BCUT2D eigenvalue weighted by atomic mass is 10.1. The molecule has 1 amide bonds. The van der Waals surface area contributed by atoms with Gasteiger partial charge in [0.15, 0.2) is 11.2 Å². The maximum absolute atomic E-state index is 12.0. The Labute approximate surface area is 118 Å². The largest absolute Gasteiger partial charge is 0.480 e. The van der Waals surface area contributed by atoms with Crippen LogP contribution in [0.1, 0.15) is 17.3 Å². The Morgan fingerprint density at radius 3 is 2.75 bits per heavy atom. The first-order chi connectivity index (χ1) is 9.38. The van der Waals surface area contributed by atoms with E-state index in [2.05, 4.69) is 10.3 Å². The summed E-state index contributed by atoms with van der Waals surface area (Å²) >= 11 is 1.24. The molecule has 5 N–H and O–H groups in total. The number of carbonyl (C=O) groups is 2. The SMILES string of the molecule is CC(O)C(NC(=O)c1ccc2nc(N)sc2c1)C(=O)O. The molecular formula is C12H13N3O4S. The topological polar surface area (TPSA) is 126 Å². The molecule has 0 spiro atoms. The molecule has 2 unspecified atom stereocenters. The molecule has 0 radical (unpaired) electrons. The first-order valence-corrected chi connectivity index (χ1v) is 6.58. The van der Waals surface area contributed by atoms with Crippen LogP contribution in [0.4, 0.5) is 5.13 Å². The Hall–Kier alpha value is -2.19. The van der Waals surface area contributed by atoms with Gasteiger partial charge in [-0.1, -0.05) is 11.3 Å². The molecule has 7 nitrogen and oxygen atoms in total. The average molecular weight is 295 g/mol. The molecule has 0 bridgehead atoms. The molecule has 20 heavy (non-hydrogen) atoms. The number of aliphatic hydroxyl groups excluding tert-OH is 1. The number of nitrogens with one attached hydrogen (secondary N) is 1. The number of carboxylic acid groups (broad SMARTS) is 1. The van der Waals surface area contributed by atoms with Crippen molar-refractivity contribution in [3.63, 3.8) is 0 Å². The number of hydrogen-bond donors (Lipinski definition) is 4. The lowest BCUT2D eigenvalue weighted by Gasteiger charge is -2.16. The maximum atomic E-state index is 12.0. The van der Waals surface area contributed by atoms with Gasteiger partial charge in [0, 0.05) is 5.56 Å². The van der Waals surface area contributed by atoms with E-state index in [9.17, 15) is 14.7 Å². The van der Waals surface area contributed by atoms with Gasteiger partial charge in [-0.3, -0.25) is 4.79 Å². The third-order valence-electron chi connectivity index (χ3n) is 2.70. The van der Waals surface area contributed by atoms with Gasteiger partial charge in [-0.2, -0.15) is 0 Å². The molecule has 8 heteroatoms. The highest BCUT2D eigenvalue weighted by atomic mass is 32.1. The van der Waals surface area contributed by atoms with Gasteiger partial charge in [0.25, 0.3) is 5.91 Å². The fourth-order valence-electron chi connectivity index (χ4n) is 1.70. The molecule has 0 saturated carbocycles. The zero-order chi connectivity index (χ0) is 14.9. The van der Waals surface area contributed by atoms with Crippen molar-refractivity contribution in [1.82, 2.24) is 10.3 Å². The van der Waals surface area contributed by atoms with Crippen molar-refractivity contribution in [2.45, 2.75) is 19.1 Å². The molecule has 0 aliphatic carbocycles. The minimum atomic E-state index is -1.36. The minimum absolute atomic E-state index is 0.285. The summed E-state index contributed by atoms with van der Waals surface area (Å²) in [5.41, 5.74) is 6.53. The molecule has 1 heterocycles. The van der Waals surface area contributed by atoms with Crippen molar-refractivity contribution >= 4 is 38.6 Å². The van der Waals surface area contributed by atoms with Gasteiger partial charge in [-0.05, 0) is 25.1 Å². The number of aliphatic carboxylic acids is 1. The van der Waals surface area contributed by atoms with Crippen molar-refractivity contribution in [2.75, 3.05) is 5.73 Å². The number of amides is 1. The molecule has 2 atom stereocenters. The Balaban J connectivity index is 2.24. The molecule has 0 aliphatic rings. The summed E-state index contributed by atoms with van der Waals surface area (Å²) in [5, 5.41) is 20.9. The van der Waals surface area contributed by atoms with Gasteiger partial charge >= 0.3 is 5.97 Å². The standard InChI is InChI=1S/C12H13N3O4S/c1-5(16)9(11(18)19)15-10(17)6-2-3-7-8(4-6)20-12(13)14-7/h2-5,9,16H,1H3,(H2,13,14)(H,15,17)(H,18,19). The predicted molar refractivity (Wildman–Crippen MR) is 74.6 cm³/mol. The van der Waals surface area contributed by atoms with Crippen LogP contribution in [0, 0.1) is 0 Å². The summed E-state index contributed by atoms with van der Waals surface area (Å²) in [6.45, 7) is 1.30. The van der Waals surface area contributed by atoms with E-state index in [1.807, 2.05) is 0 Å². The lowest BCUT2D eigenvalue weighted by Crippen LogP contribution is -2.47. The van der Waals surface area contributed by atoms with Gasteiger partial charge < -0.3 is 21.3 Å². The molecule has 0 fully saturated rings. The number of hydrogen-bond acceptors (Lipinski definition) is 6. The van der Waals surface area contributed by atoms with E-state index in [0.717, 1.165) is 4.70 Å². The fourth-order valence-corrected chi connectivity index (χ4v) is 2.47. The van der Waals surface area contributed by atoms with Crippen molar-refractivity contribution in [1.29, 1.82) is 0 Å². The molecule has 2 rings (SSSR count). The summed E-state index contributed by atoms with van der Waals surface area (Å²) < 4.78 is 0.735. The number of benzene rings is 1. The van der Waals surface area contributed by atoms with Crippen molar-refractivity contribution in [3.05, 3.63) is 23.8 Å². The van der Waals surface area contributed by atoms with E-state index in [0.29, 0.717) is 10.6 Å². The first-order valence-electron chi connectivity index (χ1n) is 5.76. The normalized spacial score (nSPS) is 13.9. The van der Waals surface area contributed by atoms with Crippen LogP contribution in [-0.2, 0) is 4.79 Å². The third kappa shape index (κ3) is 2.86. The fraction of sp³-hybridized carbons (Fsp3) is 0.250. The number of nitrogens with two attached hydrogens (primary N) is 1. The monoisotopic (exact) mass is 295 g/mol. The van der Waals surface area contributed by atoms with E-state index in [-0.39, 0.29) is 5.56 Å². The second kappa shape index (κ2) is 5.43. The van der Waals surface area contributed by atoms with Crippen LogP contribution in [-0.4, -0.2) is 39.2 Å². The summed E-state index contributed by atoms with van der Waals surface area (Å²) in [7, 11) is 0. The number of thiazole rings is 1. The number of aromatic nitrogens is 1. The zero-order valence-corrected chi connectivity index (χ0v) is 11.3. The number of nitrogen functional groups attached to an aromatic ring is 1. The number of anilines is 1. The number of carbonyl (C=O) groups excluding carboxylic acids is 1. The van der Waals surface area contributed by atoms with Crippen LogP contribution in [0.15, 0.2) is 18.2 Å². The highest BCUT2D eigenvalue weighted by Crippen LogP contribution is 2.24. The predicted octanol–water partition coefficient (Wildman–Crippen LogP) is 0.442. The number of rotatable bonds is 4. The maximum Gasteiger partial charge on any atom is 0.328 e. The Bertz CT molecular complexity index is 668. The number of aliphatic hydroxyl groups is 1. The van der Waals surface area contributed by atoms with Crippen LogP contribution in [0.25, 0.3) is 10.2 Å². The molecule has 2 aromatic rings. The van der Waals surface area contributed by atoms with Crippen LogP contribution in [0.3, 0.4) is 0 Å². The molecule has 1 aromatic heterocycles. The number of carboxylic acids is 1. The molecule has 1 aromatic carbocycles. The second-order valence-corrected chi connectivity index (χ2v) is 5.33. The summed E-state index contributed by atoms with van der Waals surface area (Å²) in [6, 6.07) is 3.39. The van der Waals surface area contributed by atoms with Crippen molar-refractivity contribution < 1.29 is 19.8 Å². The Kier molecular flexibility index (Phi) is 3.86. The number of nitrogens with zero attached hydrogens (tertiary/aromatic N) is 1. The smallest absolute Gasteiger partial charge is 0.328 e. The molecule has 0 aliphatic heterocycles. The summed E-state index contributed by atoms with van der Waals surface area (Å²) in [6.07, 6.45) is -1.20. The Morgan fingerprint density at radius 2 is 2.15 bits per heavy atom. The van der Waals surface area contributed by atoms with Gasteiger partial charge in [0.05, 0.1) is 16.3 Å². The van der Waals surface area contributed by atoms with E-state index < -0.39 is 24.0 Å². The van der Waals surface area contributed by atoms with E-state index >= 15 is 0 Å². The highest BCUT2D eigenvalue weighted by Gasteiger charge is 2.25. The quantitative estimate of drug-likeness (QED) is 0.648. The van der Waals surface area contributed by atoms with Crippen LogP contribution in [0.2, 0.25) is 0 Å². The van der Waals surface area contributed by atoms with Gasteiger partial charge in [-0.25, -0.2) is 9.78 Å². The second-order valence-electron chi connectivity index (χ2n) is 4.26. The lowest BCUT2D eigenvalue weighted by molar-refractivity contribution is -0.141. The summed E-state index contributed by atoms with van der Waals surface area (Å²) in [4.78, 5) is 27.0. The Morgan fingerprint density at radius 1 is 1.45 bits per heavy atom. The minimum Gasteiger partial charge on any atom is -0.480 e. The third-order valence-corrected chi connectivity index (χ3v) is 3.55. The highest BCUT2D eigenvalue weighted by molar-refractivity contribution is 7.22. The van der Waals surface area contributed by atoms with E-state index in [4.69, 9.17) is 10.8 Å². The van der Waals surface area contributed by atoms with Gasteiger partial charge in [0.1, 0.15) is 0 Å². The van der Waals surface area contributed by atoms with Gasteiger partial charge in [0.2, 0.25) is 0 Å². The van der Waals surface area contributed by atoms with Crippen LogP contribution in [0.5, 0.6) is 0 Å². The van der Waals surface area contributed by atoms with E-state index in [1.54, 1.807) is 12.1 Å². The van der Waals surface area contributed by atoms with E-state index in [1.165, 1.54) is 24.3 Å². The molecule has 0 saturated heterocycles. The van der Waals surface area contributed by atoms with Crippen LogP contribution >= 0.6 is 11.3 Å². The molecular weight excluding hydrogens is 282 g/mol. The van der Waals surface area contributed by atoms with Crippen LogP contribution < -0.4 is 11.1 Å². The zero-order valence-electron chi connectivity index (χ0n) is 10.5. The first kappa shape index (κ1) is 14.2. The van der Waals surface area contributed by atoms with Crippen molar-refractivity contribution in [3.8, 4) is 0 Å². The number of fused-ring (bicyclic) bond motifs is 1.